The van der Waals surface area contributed by atoms with Crippen LogP contribution >= 0.6 is 0 Å². The molecule has 2 heterocycles. The van der Waals surface area contributed by atoms with E-state index in [1.54, 1.807) is 13.8 Å². The molecule has 16 heteroatoms. The lowest BCUT2D eigenvalue weighted by Crippen LogP contribution is -2.40. The van der Waals surface area contributed by atoms with Crippen LogP contribution in [-0.4, -0.2) is 99.5 Å². The Balaban J connectivity index is 1.09. The van der Waals surface area contributed by atoms with Crippen molar-refractivity contribution in [1.29, 1.82) is 0 Å². The maximum atomic E-state index is 16.9. The van der Waals surface area contributed by atoms with Gasteiger partial charge < -0.3 is 9.53 Å². The summed E-state index contributed by atoms with van der Waals surface area (Å²) in [5.41, 5.74) is -2.24. The van der Waals surface area contributed by atoms with Crippen molar-refractivity contribution in [3.8, 4) is 0 Å². The van der Waals surface area contributed by atoms with Gasteiger partial charge in [0.2, 0.25) is 11.6 Å². The Kier molecular flexibility index (Phi) is 50.1. The van der Waals surface area contributed by atoms with E-state index in [0.717, 1.165) is 167 Å². The van der Waals surface area contributed by atoms with Crippen molar-refractivity contribution < 1.29 is 76.7 Å². The number of allylic oxidation sites excluding steroid dienone is 1. The number of carbonyl (C=O) groups is 15. The highest BCUT2D eigenvalue weighted by molar-refractivity contribution is 6.41. The van der Waals surface area contributed by atoms with E-state index in [0.29, 0.717) is 163 Å². The molecule has 2 aliphatic heterocycles. The summed E-state index contributed by atoms with van der Waals surface area (Å²) >= 11 is 0. The van der Waals surface area contributed by atoms with Crippen LogP contribution in [0.2, 0.25) is 0 Å². The molecule has 13 unspecified atom stereocenters. The van der Waals surface area contributed by atoms with Crippen LogP contribution in [-0.2, 0) is 76.7 Å². The van der Waals surface area contributed by atoms with E-state index in [4.69, 9.17) is 11.3 Å². The molecule has 4 bridgehead atoms. The molecule has 8 saturated carbocycles. The summed E-state index contributed by atoms with van der Waals surface area (Å²) < 4.78 is 6.72. The van der Waals surface area contributed by atoms with Gasteiger partial charge in [0, 0.05) is 160 Å². The van der Waals surface area contributed by atoms with Crippen molar-refractivity contribution in [2.24, 2.45) is 163 Å². The van der Waals surface area contributed by atoms with Gasteiger partial charge >= 0.3 is 0 Å². The van der Waals surface area contributed by atoms with E-state index in [1.165, 1.54) is 39.0 Å². The lowest BCUT2D eigenvalue weighted by Gasteiger charge is -2.41. The van der Waals surface area contributed by atoms with Crippen LogP contribution in [0.3, 0.4) is 0 Å². The minimum absolute atomic E-state index is 0.00636. The van der Waals surface area contributed by atoms with Gasteiger partial charge in [-0.1, -0.05) is 278 Å². The third-order valence-electron chi connectivity index (χ3n) is 39.2. The van der Waals surface area contributed by atoms with E-state index in [2.05, 4.69) is 104 Å². The predicted octanol–water partition coefficient (Wildman–Crippen LogP) is 31.4. The summed E-state index contributed by atoms with van der Waals surface area (Å²) in [5.74, 6) is -6.12. The van der Waals surface area contributed by atoms with Gasteiger partial charge in [-0.15, -0.1) is 0 Å². The topological polar surface area (TPSA) is 265 Å². The molecule has 0 aromatic carbocycles. The minimum Gasteiger partial charge on any atom is -0.378 e. The summed E-state index contributed by atoms with van der Waals surface area (Å²) in [6, 6.07) is 0. The third kappa shape index (κ3) is 40.6. The lowest BCUT2D eigenvalue weighted by molar-refractivity contribution is -0.142. The Bertz CT molecular complexity index is 4260. The second kappa shape index (κ2) is 58.9. The molecule has 10 fully saturated rings. The zero-order valence-corrected chi connectivity index (χ0v) is 96.5. The van der Waals surface area contributed by atoms with Gasteiger partial charge in [-0.3, -0.25) is 67.1 Å². The van der Waals surface area contributed by atoms with Crippen LogP contribution in [0, 0.1) is 163 Å². The van der Waals surface area contributed by atoms with Crippen LogP contribution in [0.25, 0.3) is 0 Å². The number of fused-ring (bicyclic) bond motifs is 12. The molecule has 18 atom stereocenters. The van der Waals surface area contributed by atoms with E-state index >= 15 is 47.9 Å². The Hall–Kier alpha value is -5.25. The van der Waals surface area contributed by atoms with Crippen molar-refractivity contribution >= 4 is 86.7 Å². The number of Topliss-reactive ketones (excluding diaryl/α,β-unsaturated/α-hetero) is 15. The molecule has 0 aromatic rings. The molecule has 0 radical (unpaired) electrons. The molecule has 16 nitrogen and oxygen atoms in total. The average molecular weight is 2030 g/mol. The fourth-order valence-corrected chi connectivity index (χ4v) is 30.0. The van der Waals surface area contributed by atoms with Crippen LogP contribution in [0.1, 0.15) is 542 Å². The van der Waals surface area contributed by atoms with Gasteiger partial charge in [0.25, 0.3) is 0 Å². The predicted molar refractivity (Wildman–Crippen MR) is 589 cm³/mol. The van der Waals surface area contributed by atoms with Crippen LogP contribution < -0.4 is 0 Å². The first-order valence-electron chi connectivity index (χ1n) is 61.0. The Morgan fingerprint density at radius 1 is 0.473 bits per heavy atom. The number of hydrogen-bond acceptors (Lipinski definition) is 16. The normalized spacial score (nSPS) is 29.5. The van der Waals surface area contributed by atoms with E-state index in [1.807, 2.05) is 6.92 Å². The molecular weight excluding hydrogens is 1820 g/mol. The van der Waals surface area contributed by atoms with Crippen molar-refractivity contribution in [3.05, 3.63) is 12.2 Å². The quantitative estimate of drug-likeness (QED) is 0.0238. The lowest BCUT2D eigenvalue weighted by atomic mass is 9.63. The van der Waals surface area contributed by atoms with Crippen molar-refractivity contribution in [3.63, 3.8) is 0 Å². The first kappa shape index (κ1) is 124. The molecule has 10 aliphatic rings. The number of rotatable bonds is 42. The molecule has 0 amide bonds. The van der Waals surface area contributed by atoms with Crippen LogP contribution in [0.15, 0.2) is 12.2 Å². The monoisotopic (exact) mass is 2030 g/mol. The smallest absolute Gasteiger partial charge is 0.206 e. The Labute approximate surface area is 888 Å². The maximum Gasteiger partial charge on any atom is 0.206 e. The number of ketones is 15. The van der Waals surface area contributed by atoms with Gasteiger partial charge in [-0.25, -0.2) is 0 Å². The Morgan fingerprint density at radius 3 is 1.79 bits per heavy atom. The average Bonchev–Trinajstić information content (AvgIpc) is 1.01. The zero-order chi connectivity index (χ0) is 107. The summed E-state index contributed by atoms with van der Waals surface area (Å²) in [7, 11) is 0. The highest BCUT2D eigenvalue weighted by atomic mass is 16.5. The van der Waals surface area contributed by atoms with Gasteiger partial charge in [-0.2, -0.15) is 0 Å². The highest BCUT2D eigenvalue weighted by Crippen LogP contribution is 2.54. The summed E-state index contributed by atoms with van der Waals surface area (Å²) in [5, 5.41) is 0. The van der Waals surface area contributed by atoms with E-state index < -0.39 is 98.8 Å². The fraction of sp³-hybridized carbons (Fsp3) is 0.869. The van der Waals surface area contributed by atoms with Crippen molar-refractivity contribution in [2.75, 3.05) is 6.61 Å². The molecule has 8 aliphatic carbocycles. The number of carbonyl (C=O) groups excluding carboxylic acids is 15. The minimum atomic E-state index is -1.05. The first-order valence-corrected chi connectivity index (χ1v) is 61.0. The standard InChI is InChI=1S/C130H212O16/c1-86(2)83-129(19,20)124(145)96-45-36-47-100(74-99-54-57-109-88(5)38-35-48-110(99)109)116(137)76-101(44-30-34-62-126(12,13)14)113(134)59-58-111-119(140)79-103(70-93-51-55-108(56-52-93)146-67-60-89(6)115(136)77-105(112(133)49-37-46-96)75-107(132)84-127(15,16)65-66-128(111,17)18)117(138)78-104(73-94-50-53-95-41-28-29-43-98(95)72-94)121(142)85-130(63-32-24-33-64-130)122(143)81-97(42-27-21-22-31-61-125(9,10)11)90(7)68-102(69-91(8)131)118(139)80-106(71-92-39-25-23-26-40-92)123(144)120(141)82-114(135)87(3)4/h86-89,92-106,108-111H,7,21-85H2,1-6,8-20H3/t88?,89?,93?,94?,95?,96?,97-,98?,99?,100?,101?,102?,103-,104-,105-,106-,108?,109?,110?,111?/m1/s1. The van der Waals surface area contributed by atoms with E-state index in [9.17, 15) is 24.0 Å². The maximum absolute atomic E-state index is 16.9. The number of unbranched alkanes of at least 4 members (excludes halogenated alkanes) is 4. The van der Waals surface area contributed by atoms with Crippen LogP contribution in [0.5, 0.6) is 0 Å². The molecule has 10 rings (SSSR count). The van der Waals surface area contributed by atoms with Crippen molar-refractivity contribution in [1.82, 2.24) is 0 Å². The molecule has 0 aromatic heterocycles. The van der Waals surface area contributed by atoms with Gasteiger partial charge in [-0.05, 0) is 280 Å². The summed E-state index contributed by atoms with van der Waals surface area (Å²) in [4.78, 5) is 229. The van der Waals surface area contributed by atoms with Gasteiger partial charge in [0.05, 0.1) is 12.5 Å². The molecule has 0 spiro atoms. The largest absolute Gasteiger partial charge is 0.378 e. The molecule has 0 N–H and O–H groups in total. The van der Waals surface area contributed by atoms with Crippen LogP contribution in [0.4, 0.5) is 0 Å². The molecule has 2 saturated heterocycles. The molecule has 146 heavy (non-hydrogen) atoms. The zero-order valence-electron chi connectivity index (χ0n) is 96.5. The highest BCUT2D eigenvalue weighted by Gasteiger charge is 2.50. The molecule has 828 valence electrons. The fourth-order valence-electron chi connectivity index (χ4n) is 30.0. The SMILES string of the molecule is C=C(CC(CC(C)=O)C(=O)C[C@@H](CC1CCCCC1)C(=O)C(=O)CC(=O)C(C)C)[C@H](CCCCCCC(C)(C)C)CC(=O)C1(CC(=O)[C@@H](CC(=O)[C@H]2CC(=O)C3CCC(=O)C(CCCCC(C)(C)C)CC(=O)C(CC4CCC5C(C)CCCC45)CCCC(C(=O)C(C)(C)CC(C)C)CCCC(=O)[C@H](CC(=O)CC(C)(C)CCC3(C)C)CC(=O)C(C)CCOC3CCC(CC3)C2)CC2CCC3CCCCC3C2)CCCCC1. The number of hydrogen-bond donors (Lipinski definition) is 0. The third-order valence-corrected chi connectivity index (χ3v) is 39.2. The second-order valence-electron chi connectivity index (χ2n) is 56.4. The summed E-state index contributed by atoms with van der Waals surface area (Å²) in [6.07, 6.45) is 39.6. The van der Waals surface area contributed by atoms with Gasteiger partial charge in [0.1, 0.15) is 75.2 Å². The van der Waals surface area contributed by atoms with Gasteiger partial charge in [0.15, 0.2) is 0 Å². The second-order valence-corrected chi connectivity index (χ2v) is 56.4. The van der Waals surface area contributed by atoms with E-state index in [-0.39, 0.29) is 218 Å². The summed E-state index contributed by atoms with van der Waals surface area (Å²) in [6.45, 7) is 44.5. The Morgan fingerprint density at radius 2 is 1.12 bits per heavy atom. The molecular formula is C130H212O16. The number of ether oxygens (including phenoxy) is 1. The van der Waals surface area contributed by atoms with Crippen molar-refractivity contribution in [2.45, 2.75) is 549 Å². The first-order chi connectivity index (χ1) is 68.8.